The maximum Gasteiger partial charge on any atom is 0.199 e. The Morgan fingerprint density at radius 2 is 2.00 bits per heavy atom. The highest BCUT2D eigenvalue weighted by Crippen LogP contribution is 2.18. The first-order valence-electron chi connectivity index (χ1n) is 8.16. The molecule has 0 radical (unpaired) electrons. The summed E-state index contributed by atoms with van der Waals surface area (Å²) in [6, 6.07) is 3.87. The highest BCUT2D eigenvalue weighted by atomic mass is 32.1. The quantitative estimate of drug-likeness (QED) is 0.798. The lowest BCUT2D eigenvalue weighted by molar-refractivity contribution is 0.0650. The Labute approximate surface area is 146 Å². The third kappa shape index (κ3) is 3.89. The molecule has 0 aliphatic carbocycles. The molecular weight excluding hydrogens is 326 g/mol. The average Bonchev–Trinajstić information content (AvgIpc) is 2.92. The van der Waals surface area contributed by atoms with Crippen molar-refractivity contribution in [1.82, 2.24) is 24.2 Å². The van der Waals surface area contributed by atoms with Gasteiger partial charge < -0.3 is 9.84 Å². The Hall–Kier alpha value is -1.61. The summed E-state index contributed by atoms with van der Waals surface area (Å²) in [6.07, 6.45) is 4.93. The number of nitrogens with zero attached hydrogens (tertiary/aromatic N) is 5. The standard InChI is InChI=1S/C16H23N5O2S/c1-23-11-10-20-15(13-2-6-17-7-3-13)18-21(16(20)24)12-19-8-4-14(22)5-9-19/h2-3,6-7,14,22H,4-5,8-12H2,1H3. The molecule has 24 heavy (non-hydrogen) atoms. The number of ether oxygens (including phenoxy) is 1. The van der Waals surface area contributed by atoms with Gasteiger partial charge in [-0.1, -0.05) is 0 Å². The zero-order valence-electron chi connectivity index (χ0n) is 13.8. The van der Waals surface area contributed by atoms with E-state index in [1.165, 1.54) is 0 Å². The summed E-state index contributed by atoms with van der Waals surface area (Å²) in [7, 11) is 1.68. The molecule has 1 aliphatic heterocycles. The van der Waals surface area contributed by atoms with E-state index in [2.05, 4.69) is 9.88 Å². The first kappa shape index (κ1) is 17.2. The number of methoxy groups -OCH3 is 1. The van der Waals surface area contributed by atoms with Crippen LogP contribution in [-0.4, -0.2) is 62.2 Å². The van der Waals surface area contributed by atoms with Gasteiger partial charge in [-0.15, -0.1) is 0 Å². The van der Waals surface area contributed by atoms with Crippen LogP contribution < -0.4 is 0 Å². The van der Waals surface area contributed by atoms with E-state index in [4.69, 9.17) is 22.1 Å². The highest BCUT2D eigenvalue weighted by Gasteiger charge is 2.19. The molecule has 0 amide bonds. The van der Waals surface area contributed by atoms with Crippen molar-refractivity contribution < 1.29 is 9.84 Å². The van der Waals surface area contributed by atoms with Crippen LogP contribution in [0.2, 0.25) is 0 Å². The Kier molecular flexibility index (Phi) is 5.72. The van der Waals surface area contributed by atoms with E-state index < -0.39 is 0 Å². The molecule has 1 N–H and O–H groups in total. The van der Waals surface area contributed by atoms with Crippen LogP contribution in [0.1, 0.15) is 12.8 Å². The molecule has 0 atom stereocenters. The lowest BCUT2D eigenvalue weighted by atomic mass is 10.1. The Bertz CT molecular complexity index is 707. The van der Waals surface area contributed by atoms with Crippen molar-refractivity contribution >= 4 is 12.2 Å². The first-order valence-corrected chi connectivity index (χ1v) is 8.57. The van der Waals surface area contributed by atoms with Crippen LogP contribution in [0.3, 0.4) is 0 Å². The molecule has 1 fully saturated rings. The van der Waals surface area contributed by atoms with E-state index in [0.717, 1.165) is 37.3 Å². The average molecular weight is 349 g/mol. The fraction of sp³-hybridized carbons (Fsp3) is 0.562. The van der Waals surface area contributed by atoms with Crippen LogP contribution in [0, 0.1) is 4.77 Å². The third-order valence-electron chi connectivity index (χ3n) is 4.27. The Balaban J connectivity index is 1.87. The van der Waals surface area contributed by atoms with Crippen molar-refractivity contribution in [2.24, 2.45) is 0 Å². The number of aliphatic hydroxyl groups excluding tert-OH is 1. The molecular formula is C16H23N5O2S. The molecule has 8 heteroatoms. The second-order valence-electron chi connectivity index (χ2n) is 5.98. The van der Waals surface area contributed by atoms with Gasteiger partial charge in [-0.25, -0.2) is 4.68 Å². The third-order valence-corrected chi connectivity index (χ3v) is 4.70. The summed E-state index contributed by atoms with van der Waals surface area (Å²) in [5, 5.41) is 14.4. The maximum atomic E-state index is 9.65. The maximum absolute atomic E-state index is 9.65. The minimum Gasteiger partial charge on any atom is -0.393 e. The van der Waals surface area contributed by atoms with Gasteiger partial charge in [0.2, 0.25) is 0 Å². The van der Waals surface area contributed by atoms with Crippen LogP contribution in [0.25, 0.3) is 11.4 Å². The van der Waals surface area contributed by atoms with Gasteiger partial charge in [0.1, 0.15) is 0 Å². The zero-order valence-corrected chi connectivity index (χ0v) is 14.7. The van der Waals surface area contributed by atoms with Gasteiger partial charge in [0, 0.05) is 38.2 Å². The smallest absolute Gasteiger partial charge is 0.199 e. The van der Waals surface area contributed by atoms with Gasteiger partial charge in [-0.3, -0.25) is 14.5 Å². The second kappa shape index (κ2) is 7.98. The molecule has 0 spiro atoms. The van der Waals surface area contributed by atoms with Crippen molar-refractivity contribution in [2.45, 2.75) is 32.2 Å². The van der Waals surface area contributed by atoms with Crippen LogP contribution in [-0.2, 0) is 18.0 Å². The van der Waals surface area contributed by atoms with Gasteiger partial charge in [0.05, 0.1) is 25.9 Å². The summed E-state index contributed by atoms with van der Waals surface area (Å²) < 4.78 is 9.76. The normalized spacial score (nSPS) is 16.6. The number of piperidine rings is 1. The predicted octanol–water partition coefficient (Wildman–Crippen LogP) is 1.54. The molecule has 1 aliphatic rings. The van der Waals surface area contributed by atoms with Gasteiger partial charge >= 0.3 is 0 Å². The molecule has 7 nitrogen and oxygen atoms in total. The highest BCUT2D eigenvalue weighted by molar-refractivity contribution is 7.71. The van der Waals surface area contributed by atoms with Crippen LogP contribution in [0.5, 0.6) is 0 Å². The number of hydrogen-bond donors (Lipinski definition) is 1. The van der Waals surface area contributed by atoms with E-state index in [0.29, 0.717) is 24.6 Å². The topological polar surface area (TPSA) is 68.3 Å². The van der Waals surface area contributed by atoms with E-state index in [-0.39, 0.29) is 6.10 Å². The van der Waals surface area contributed by atoms with Gasteiger partial charge in [0.15, 0.2) is 10.6 Å². The van der Waals surface area contributed by atoms with Crippen LogP contribution >= 0.6 is 12.2 Å². The first-order chi connectivity index (χ1) is 11.7. The van der Waals surface area contributed by atoms with E-state index in [1.807, 2.05) is 21.4 Å². The van der Waals surface area contributed by atoms with Crippen molar-refractivity contribution in [1.29, 1.82) is 0 Å². The van der Waals surface area contributed by atoms with E-state index in [1.54, 1.807) is 19.5 Å². The molecule has 2 aromatic rings. The molecule has 0 unspecified atom stereocenters. The summed E-state index contributed by atoms with van der Waals surface area (Å²) in [4.78, 5) is 6.34. The summed E-state index contributed by atoms with van der Waals surface area (Å²) >= 11 is 5.63. The predicted molar refractivity (Wildman–Crippen MR) is 93.0 cm³/mol. The summed E-state index contributed by atoms with van der Waals surface area (Å²) in [6.45, 7) is 3.60. The monoisotopic (exact) mass is 349 g/mol. The van der Waals surface area contributed by atoms with Crippen molar-refractivity contribution in [2.75, 3.05) is 26.8 Å². The second-order valence-corrected chi connectivity index (χ2v) is 6.34. The summed E-state index contributed by atoms with van der Waals surface area (Å²) in [5.74, 6) is 0.830. The SMILES string of the molecule is COCCn1c(-c2ccncc2)nn(CN2CCC(O)CC2)c1=S. The molecule has 0 saturated carbocycles. The fourth-order valence-electron chi connectivity index (χ4n) is 2.88. The largest absolute Gasteiger partial charge is 0.393 e. The Morgan fingerprint density at radius 1 is 1.29 bits per heavy atom. The lowest BCUT2D eigenvalue weighted by Crippen LogP contribution is -2.37. The Morgan fingerprint density at radius 3 is 2.67 bits per heavy atom. The molecule has 3 heterocycles. The zero-order chi connectivity index (χ0) is 16.9. The number of aromatic nitrogens is 4. The fourth-order valence-corrected chi connectivity index (χ4v) is 3.16. The van der Waals surface area contributed by atoms with Crippen molar-refractivity contribution in [3.05, 3.63) is 29.3 Å². The number of aliphatic hydroxyl groups is 1. The van der Waals surface area contributed by atoms with E-state index >= 15 is 0 Å². The number of hydrogen-bond acceptors (Lipinski definition) is 6. The van der Waals surface area contributed by atoms with E-state index in [9.17, 15) is 5.11 Å². The van der Waals surface area contributed by atoms with Crippen molar-refractivity contribution in [3.8, 4) is 11.4 Å². The van der Waals surface area contributed by atoms with Gasteiger partial charge in [-0.2, -0.15) is 5.10 Å². The number of likely N-dealkylation sites (tertiary alicyclic amines) is 1. The number of pyridine rings is 1. The minimum atomic E-state index is -0.180. The van der Waals surface area contributed by atoms with Gasteiger partial charge in [0.25, 0.3) is 0 Å². The van der Waals surface area contributed by atoms with Crippen LogP contribution in [0.15, 0.2) is 24.5 Å². The number of rotatable bonds is 6. The van der Waals surface area contributed by atoms with Crippen molar-refractivity contribution in [3.63, 3.8) is 0 Å². The molecule has 130 valence electrons. The molecule has 0 bridgehead atoms. The van der Waals surface area contributed by atoms with Gasteiger partial charge in [-0.05, 0) is 37.2 Å². The lowest BCUT2D eigenvalue weighted by Gasteiger charge is -2.28. The van der Waals surface area contributed by atoms with Crippen LogP contribution in [0.4, 0.5) is 0 Å². The molecule has 0 aromatic carbocycles. The molecule has 1 saturated heterocycles. The molecule has 3 rings (SSSR count). The molecule has 2 aromatic heterocycles. The minimum absolute atomic E-state index is 0.180. The summed E-state index contributed by atoms with van der Waals surface area (Å²) in [5.41, 5.74) is 0.986.